The number of rotatable bonds is 5. The van der Waals surface area contributed by atoms with Crippen LogP contribution in [0.15, 0.2) is 0 Å². The summed E-state index contributed by atoms with van der Waals surface area (Å²) in [6.45, 7) is 2.87. The van der Waals surface area contributed by atoms with Crippen molar-refractivity contribution < 1.29 is 8.78 Å². The largest absolute Gasteiger partial charge is 0.325 e. The molecule has 0 aliphatic rings. The average Bonchev–Trinajstić information content (AvgIpc) is 2.03. The van der Waals surface area contributed by atoms with Gasteiger partial charge in [0.25, 0.3) is 5.92 Å². The molecule has 0 heterocycles. The van der Waals surface area contributed by atoms with Crippen molar-refractivity contribution >= 4 is 0 Å². The van der Waals surface area contributed by atoms with Crippen LogP contribution in [0.1, 0.15) is 13.8 Å². The molecular formula is C9H16F2N2. The summed E-state index contributed by atoms with van der Waals surface area (Å²) >= 11 is 0. The number of alkyl halides is 2. The van der Waals surface area contributed by atoms with Crippen LogP contribution in [0.25, 0.3) is 0 Å². The van der Waals surface area contributed by atoms with E-state index in [1.54, 1.807) is 0 Å². The van der Waals surface area contributed by atoms with Gasteiger partial charge >= 0.3 is 0 Å². The summed E-state index contributed by atoms with van der Waals surface area (Å²) in [6, 6.07) is 0.00785. The Labute approximate surface area is 78.1 Å². The SMILES string of the molecule is C#CCN(CC(F)(F)CN)C(C)C. The molecule has 0 aromatic rings. The quantitative estimate of drug-likeness (QED) is 0.653. The van der Waals surface area contributed by atoms with Gasteiger partial charge in [-0.3, -0.25) is 4.90 Å². The highest BCUT2D eigenvalue weighted by Crippen LogP contribution is 2.14. The lowest BCUT2D eigenvalue weighted by molar-refractivity contribution is -0.0272. The molecule has 0 saturated carbocycles. The Morgan fingerprint density at radius 2 is 2.08 bits per heavy atom. The highest BCUT2D eigenvalue weighted by molar-refractivity contribution is 4.90. The van der Waals surface area contributed by atoms with Crippen LogP contribution in [-0.4, -0.2) is 36.5 Å². The van der Waals surface area contributed by atoms with Crippen molar-refractivity contribution in [1.82, 2.24) is 4.90 Å². The Balaban J connectivity index is 4.18. The van der Waals surface area contributed by atoms with E-state index in [1.807, 2.05) is 13.8 Å². The average molecular weight is 190 g/mol. The van der Waals surface area contributed by atoms with Crippen LogP contribution in [0.3, 0.4) is 0 Å². The van der Waals surface area contributed by atoms with Crippen molar-refractivity contribution in [3.8, 4) is 12.3 Å². The van der Waals surface area contributed by atoms with E-state index in [0.717, 1.165) is 0 Å². The Morgan fingerprint density at radius 1 is 1.54 bits per heavy atom. The van der Waals surface area contributed by atoms with Crippen LogP contribution < -0.4 is 5.73 Å². The first kappa shape index (κ1) is 12.3. The van der Waals surface area contributed by atoms with E-state index in [0.29, 0.717) is 0 Å². The van der Waals surface area contributed by atoms with Crippen molar-refractivity contribution in [1.29, 1.82) is 0 Å². The van der Waals surface area contributed by atoms with E-state index in [1.165, 1.54) is 4.90 Å². The van der Waals surface area contributed by atoms with Crippen LogP contribution in [0.5, 0.6) is 0 Å². The summed E-state index contributed by atoms with van der Waals surface area (Å²) in [5.41, 5.74) is 4.92. The fourth-order valence-electron chi connectivity index (χ4n) is 0.900. The van der Waals surface area contributed by atoms with Crippen molar-refractivity contribution in [3.05, 3.63) is 0 Å². The summed E-state index contributed by atoms with van der Waals surface area (Å²) in [6.07, 6.45) is 5.06. The highest BCUT2D eigenvalue weighted by Gasteiger charge is 2.30. The smallest absolute Gasteiger partial charge is 0.272 e. The molecule has 0 atom stereocenters. The molecule has 0 aliphatic heterocycles. The zero-order valence-corrected chi connectivity index (χ0v) is 8.06. The molecule has 0 rings (SSSR count). The molecule has 0 radical (unpaired) electrons. The van der Waals surface area contributed by atoms with Crippen LogP contribution >= 0.6 is 0 Å². The molecular weight excluding hydrogens is 174 g/mol. The van der Waals surface area contributed by atoms with Gasteiger partial charge in [0.1, 0.15) is 0 Å². The zero-order chi connectivity index (χ0) is 10.5. The molecule has 0 amide bonds. The van der Waals surface area contributed by atoms with Gasteiger partial charge in [0.15, 0.2) is 0 Å². The number of nitrogens with zero attached hydrogens (tertiary/aromatic N) is 1. The monoisotopic (exact) mass is 190 g/mol. The topological polar surface area (TPSA) is 29.3 Å². The molecule has 0 spiro atoms. The minimum Gasteiger partial charge on any atom is -0.325 e. The third-order valence-corrected chi connectivity index (χ3v) is 1.76. The van der Waals surface area contributed by atoms with Gasteiger partial charge in [-0.2, -0.15) is 0 Å². The van der Waals surface area contributed by atoms with Gasteiger partial charge in [-0.15, -0.1) is 6.42 Å². The second-order valence-electron chi connectivity index (χ2n) is 3.26. The first-order chi connectivity index (χ1) is 5.93. The second kappa shape index (κ2) is 5.15. The molecule has 76 valence electrons. The molecule has 0 unspecified atom stereocenters. The molecule has 4 heteroatoms. The first-order valence-electron chi connectivity index (χ1n) is 4.18. The third kappa shape index (κ3) is 4.81. The summed E-state index contributed by atoms with van der Waals surface area (Å²) < 4.78 is 25.7. The van der Waals surface area contributed by atoms with Crippen molar-refractivity contribution in [3.63, 3.8) is 0 Å². The molecule has 0 aromatic carbocycles. The Morgan fingerprint density at radius 3 is 2.38 bits per heavy atom. The minimum atomic E-state index is -2.85. The van der Waals surface area contributed by atoms with Gasteiger partial charge in [0.2, 0.25) is 0 Å². The third-order valence-electron chi connectivity index (χ3n) is 1.76. The standard InChI is InChI=1S/C9H16F2N2/c1-4-5-13(8(2)3)7-9(10,11)6-12/h1,8H,5-7,12H2,2-3H3. The fraction of sp³-hybridized carbons (Fsp3) is 0.778. The Bertz CT molecular complexity index is 185. The van der Waals surface area contributed by atoms with Gasteiger partial charge in [-0.25, -0.2) is 8.78 Å². The predicted molar refractivity (Wildman–Crippen MR) is 49.5 cm³/mol. The summed E-state index contributed by atoms with van der Waals surface area (Å²) in [5, 5.41) is 0. The van der Waals surface area contributed by atoms with E-state index in [9.17, 15) is 8.78 Å². The summed E-state index contributed by atoms with van der Waals surface area (Å²) in [4.78, 5) is 1.52. The number of hydrogen-bond acceptors (Lipinski definition) is 2. The Kier molecular flexibility index (Phi) is 4.89. The maximum Gasteiger partial charge on any atom is 0.272 e. The van der Waals surface area contributed by atoms with Gasteiger partial charge < -0.3 is 5.73 Å². The molecule has 2 nitrogen and oxygen atoms in total. The van der Waals surface area contributed by atoms with Crippen LogP contribution in [0, 0.1) is 12.3 Å². The molecule has 13 heavy (non-hydrogen) atoms. The summed E-state index contributed by atoms with van der Waals surface area (Å²) in [5.74, 6) is -0.499. The highest BCUT2D eigenvalue weighted by atomic mass is 19.3. The number of hydrogen-bond donors (Lipinski definition) is 1. The van der Waals surface area contributed by atoms with E-state index >= 15 is 0 Å². The molecule has 0 aromatic heterocycles. The predicted octanol–water partition coefficient (Wildman–Crippen LogP) is 0.924. The van der Waals surface area contributed by atoms with E-state index in [2.05, 4.69) is 5.92 Å². The molecule has 0 aliphatic carbocycles. The maximum atomic E-state index is 12.9. The minimum absolute atomic E-state index is 0.00785. The van der Waals surface area contributed by atoms with Crippen molar-refractivity contribution in [2.45, 2.75) is 25.8 Å². The normalized spacial score (nSPS) is 12.2. The lowest BCUT2D eigenvalue weighted by atomic mass is 10.2. The van der Waals surface area contributed by atoms with E-state index in [-0.39, 0.29) is 19.1 Å². The van der Waals surface area contributed by atoms with Crippen LogP contribution in [-0.2, 0) is 0 Å². The molecule has 0 bridgehead atoms. The maximum absolute atomic E-state index is 12.9. The lowest BCUT2D eigenvalue weighted by Gasteiger charge is -2.28. The van der Waals surface area contributed by atoms with Gasteiger partial charge in [-0.1, -0.05) is 5.92 Å². The number of terminal acetylenes is 1. The van der Waals surface area contributed by atoms with Crippen LogP contribution in [0.4, 0.5) is 8.78 Å². The lowest BCUT2D eigenvalue weighted by Crippen LogP contribution is -2.44. The van der Waals surface area contributed by atoms with E-state index < -0.39 is 12.5 Å². The number of halogens is 2. The van der Waals surface area contributed by atoms with Crippen molar-refractivity contribution in [2.24, 2.45) is 5.73 Å². The zero-order valence-electron chi connectivity index (χ0n) is 8.06. The van der Waals surface area contributed by atoms with Gasteiger partial charge in [0, 0.05) is 6.04 Å². The van der Waals surface area contributed by atoms with Crippen LogP contribution in [0.2, 0.25) is 0 Å². The Hall–Kier alpha value is -0.660. The fourth-order valence-corrected chi connectivity index (χ4v) is 0.900. The number of nitrogens with two attached hydrogens (primary N) is 1. The second-order valence-corrected chi connectivity index (χ2v) is 3.26. The molecule has 0 fully saturated rings. The molecule has 2 N–H and O–H groups in total. The first-order valence-corrected chi connectivity index (χ1v) is 4.18. The summed E-state index contributed by atoms with van der Waals surface area (Å²) in [7, 11) is 0. The van der Waals surface area contributed by atoms with Gasteiger partial charge in [0.05, 0.1) is 19.6 Å². The van der Waals surface area contributed by atoms with Gasteiger partial charge in [-0.05, 0) is 13.8 Å². The van der Waals surface area contributed by atoms with E-state index in [4.69, 9.17) is 12.2 Å². The van der Waals surface area contributed by atoms with Crippen molar-refractivity contribution in [2.75, 3.05) is 19.6 Å². The molecule has 0 saturated heterocycles.